The van der Waals surface area contributed by atoms with Gasteiger partial charge in [-0.25, -0.2) is 4.79 Å². The molecular weight excluding hydrogens is 276 g/mol. The van der Waals surface area contributed by atoms with E-state index in [1.807, 2.05) is 0 Å². The molecule has 2 aromatic rings. The van der Waals surface area contributed by atoms with Gasteiger partial charge < -0.3 is 14.9 Å². The number of hydrogen-bond donors (Lipinski definition) is 2. The first-order chi connectivity index (χ1) is 10.1. The molecule has 0 unspecified atom stereocenters. The Morgan fingerprint density at radius 2 is 2.29 bits per heavy atom. The third-order valence-electron chi connectivity index (χ3n) is 2.43. The lowest BCUT2D eigenvalue weighted by atomic mass is 10.1. The first-order valence-corrected chi connectivity index (χ1v) is 5.99. The number of nitrogens with one attached hydrogen (secondary N) is 1. The highest BCUT2D eigenvalue weighted by molar-refractivity contribution is 5.97. The van der Waals surface area contributed by atoms with Gasteiger partial charge in [0.1, 0.15) is 5.69 Å². The van der Waals surface area contributed by atoms with Crippen LogP contribution in [0.25, 0.3) is 6.08 Å². The molecule has 0 spiro atoms. The zero-order valence-corrected chi connectivity index (χ0v) is 11.1. The van der Waals surface area contributed by atoms with Gasteiger partial charge in [0.2, 0.25) is 5.89 Å². The Bertz CT molecular complexity index is 693. The van der Waals surface area contributed by atoms with Crippen molar-refractivity contribution in [2.45, 2.75) is 13.5 Å². The first-order valence-electron chi connectivity index (χ1n) is 5.99. The number of carboxylic acids is 1. The van der Waals surface area contributed by atoms with Crippen molar-refractivity contribution in [1.29, 1.82) is 0 Å². The molecular formula is C13H12N4O4. The van der Waals surface area contributed by atoms with Gasteiger partial charge in [0, 0.05) is 17.8 Å². The summed E-state index contributed by atoms with van der Waals surface area (Å²) in [4.78, 5) is 30.5. The molecule has 1 amide bonds. The molecule has 2 N–H and O–H groups in total. The molecule has 0 saturated heterocycles. The zero-order valence-electron chi connectivity index (χ0n) is 11.1. The molecule has 108 valence electrons. The van der Waals surface area contributed by atoms with Gasteiger partial charge in [0.15, 0.2) is 5.82 Å². The molecule has 0 aliphatic heterocycles. The Kier molecular flexibility index (Phi) is 4.39. The lowest BCUT2D eigenvalue weighted by Gasteiger charge is -2.04. The third kappa shape index (κ3) is 3.96. The van der Waals surface area contributed by atoms with Crippen LogP contribution in [0.2, 0.25) is 0 Å². The molecule has 0 aliphatic carbocycles. The van der Waals surface area contributed by atoms with Crippen molar-refractivity contribution in [2.75, 3.05) is 0 Å². The topological polar surface area (TPSA) is 118 Å². The molecule has 0 aromatic carbocycles. The Morgan fingerprint density at radius 3 is 2.95 bits per heavy atom. The van der Waals surface area contributed by atoms with E-state index in [4.69, 9.17) is 9.63 Å². The second kappa shape index (κ2) is 6.42. The summed E-state index contributed by atoms with van der Waals surface area (Å²) < 4.78 is 4.87. The van der Waals surface area contributed by atoms with Gasteiger partial charge in [0.25, 0.3) is 5.91 Å². The average Bonchev–Trinajstić information content (AvgIpc) is 2.88. The highest BCUT2D eigenvalue weighted by Crippen LogP contribution is 2.08. The fraction of sp³-hybridized carbons (Fsp3) is 0.154. The number of nitrogens with zero attached hydrogens (tertiary/aromatic N) is 3. The summed E-state index contributed by atoms with van der Waals surface area (Å²) in [6.45, 7) is 1.74. The van der Waals surface area contributed by atoms with Crippen LogP contribution >= 0.6 is 0 Å². The van der Waals surface area contributed by atoms with E-state index in [2.05, 4.69) is 20.4 Å². The molecule has 0 bridgehead atoms. The van der Waals surface area contributed by atoms with E-state index in [1.54, 1.807) is 19.1 Å². The number of aryl methyl sites for hydroxylation is 1. The van der Waals surface area contributed by atoms with E-state index < -0.39 is 11.9 Å². The molecule has 2 aromatic heterocycles. The largest absolute Gasteiger partial charge is 0.478 e. The van der Waals surface area contributed by atoms with Crippen LogP contribution < -0.4 is 5.32 Å². The van der Waals surface area contributed by atoms with E-state index in [-0.39, 0.29) is 18.1 Å². The highest BCUT2D eigenvalue weighted by atomic mass is 16.5. The summed E-state index contributed by atoms with van der Waals surface area (Å²) >= 11 is 0. The maximum absolute atomic E-state index is 12.0. The first kappa shape index (κ1) is 14.4. The maximum Gasteiger partial charge on any atom is 0.328 e. The maximum atomic E-state index is 12.0. The summed E-state index contributed by atoms with van der Waals surface area (Å²) in [5, 5.41) is 14.8. The van der Waals surface area contributed by atoms with Gasteiger partial charge in [-0.05, 0) is 19.1 Å². The number of carbonyl (C=O) groups is 2. The zero-order chi connectivity index (χ0) is 15.2. The summed E-state index contributed by atoms with van der Waals surface area (Å²) in [6, 6.07) is 3.21. The molecule has 8 nitrogen and oxygen atoms in total. The van der Waals surface area contributed by atoms with Crippen molar-refractivity contribution in [3.63, 3.8) is 0 Å². The smallest absolute Gasteiger partial charge is 0.328 e. The summed E-state index contributed by atoms with van der Waals surface area (Å²) in [7, 11) is 0. The number of carboxylic acid groups (broad SMARTS) is 1. The van der Waals surface area contributed by atoms with E-state index in [0.717, 1.165) is 6.08 Å². The van der Waals surface area contributed by atoms with Gasteiger partial charge in [-0.2, -0.15) is 4.98 Å². The number of aromatic nitrogens is 3. The predicted octanol–water partition coefficient (Wildman–Crippen LogP) is 0.801. The number of aliphatic carboxylic acids is 1. The molecule has 0 aliphatic rings. The minimum absolute atomic E-state index is 0.0678. The van der Waals surface area contributed by atoms with Crippen LogP contribution in [-0.4, -0.2) is 32.1 Å². The SMILES string of the molecule is Cc1noc(CNC(=O)c2ncccc2/C=C/C(=O)O)n1. The lowest BCUT2D eigenvalue weighted by molar-refractivity contribution is -0.131. The Hall–Kier alpha value is -3.03. The van der Waals surface area contributed by atoms with E-state index in [9.17, 15) is 9.59 Å². The highest BCUT2D eigenvalue weighted by Gasteiger charge is 2.12. The fourth-order valence-electron chi connectivity index (χ4n) is 1.55. The van der Waals surface area contributed by atoms with Crippen molar-refractivity contribution < 1.29 is 19.2 Å². The molecule has 21 heavy (non-hydrogen) atoms. The number of amides is 1. The lowest BCUT2D eigenvalue weighted by Crippen LogP contribution is -2.24. The van der Waals surface area contributed by atoms with Gasteiger partial charge in [0.05, 0.1) is 6.54 Å². The van der Waals surface area contributed by atoms with Crippen LogP contribution in [0.5, 0.6) is 0 Å². The fourth-order valence-corrected chi connectivity index (χ4v) is 1.55. The van der Waals surface area contributed by atoms with Crippen LogP contribution in [0.4, 0.5) is 0 Å². The molecule has 2 rings (SSSR count). The number of carbonyl (C=O) groups excluding carboxylic acids is 1. The Morgan fingerprint density at radius 1 is 1.48 bits per heavy atom. The van der Waals surface area contributed by atoms with Crippen LogP contribution in [0.3, 0.4) is 0 Å². The molecule has 0 saturated carbocycles. The summed E-state index contributed by atoms with van der Waals surface area (Å²) in [6.07, 6.45) is 3.69. The summed E-state index contributed by atoms with van der Waals surface area (Å²) in [5.74, 6) is -0.815. The minimum atomic E-state index is -1.11. The second-order valence-corrected chi connectivity index (χ2v) is 4.03. The van der Waals surface area contributed by atoms with E-state index in [0.29, 0.717) is 11.4 Å². The Balaban J connectivity index is 2.10. The van der Waals surface area contributed by atoms with Gasteiger partial charge >= 0.3 is 5.97 Å². The molecule has 2 heterocycles. The average molecular weight is 288 g/mol. The van der Waals surface area contributed by atoms with E-state index >= 15 is 0 Å². The normalized spacial score (nSPS) is 10.7. The minimum Gasteiger partial charge on any atom is -0.478 e. The van der Waals surface area contributed by atoms with E-state index in [1.165, 1.54) is 12.3 Å². The number of hydrogen-bond acceptors (Lipinski definition) is 6. The third-order valence-corrected chi connectivity index (χ3v) is 2.43. The molecule has 0 fully saturated rings. The van der Waals surface area contributed by atoms with Crippen molar-refractivity contribution in [1.82, 2.24) is 20.4 Å². The number of pyridine rings is 1. The van der Waals surface area contributed by atoms with Crippen LogP contribution in [0.15, 0.2) is 28.9 Å². The van der Waals surface area contributed by atoms with Crippen LogP contribution in [-0.2, 0) is 11.3 Å². The molecule has 0 radical (unpaired) electrons. The van der Waals surface area contributed by atoms with Gasteiger partial charge in [-0.1, -0.05) is 11.2 Å². The van der Waals surface area contributed by atoms with Gasteiger partial charge in [-0.3, -0.25) is 9.78 Å². The molecule has 8 heteroatoms. The van der Waals surface area contributed by atoms with Crippen molar-refractivity contribution in [3.8, 4) is 0 Å². The second-order valence-electron chi connectivity index (χ2n) is 4.03. The van der Waals surface area contributed by atoms with Crippen molar-refractivity contribution in [2.24, 2.45) is 0 Å². The standard InChI is InChI=1S/C13H12N4O4/c1-8-16-10(21-17-8)7-15-13(20)12-9(3-2-6-14-12)4-5-11(18)19/h2-6H,7H2,1H3,(H,15,20)(H,18,19)/b5-4+. The van der Waals surface area contributed by atoms with Gasteiger partial charge in [-0.15, -0.1) is 0 Å². The van der Waals surface area contributed by atoms with Crippen molar-refractivity contribution in [3.05, 3.63) is 47.4 Å². The quantitative estimate of drug-likeness (QED) is 0.781. The summed E-state index contributed by atoms with van der Waals surface area (Å²) in [5.41, 5.74) is 0.519. The Labute approximate surface area is 119 Å². The number of rotatable bonds is 5. The van der Waals surface area contributed by atoms with Crippen LogP contribution in [0.1, 0.15) is 27.8 Å². The monoisotopic (exact) mass is 288 g/mol. The van der Waals surface area contributed by atoms with Crippen molar-refractivity contribution >= 4 is 18.0 Å². The molecule has 0 atom stereocenters. The predicted molar refractivity (Wildman–Crippen MR) is 71.1 cm³/mol. The van der Waals surface area contributed by atoms with Crippen LogP contribution in [0, 0.1) is 6.92 Å².